The number of nitrogens with one attached hydrogen (secondary N) is 1. The summed E-state index contributed by atoms with van der Waals surface area (Å²) in [5.74, 6) is 0.892. The van der Waals surface area contributed by atoms with E-state index in [1.165, 1.54) is 16.0 Å². The SMILES string of the molecule is O=C(Nc1cc(-c2cccs2)nn1C1=NC(=O)C2CCCC2=N1)c1ccc2c(c1)OCO2. The monoisotopic (exact) mass is 447 g/mol. The Hall–Kier alpha value is -3.79. The summed E-state index contributed by atoms with van der Waals surface area (Å²) in [6, 6.07) is 10.6. The Bertz CT molecular complexity index is 1310. The van der Waals surface area contributed by atoms with Crippen LogP contribution < -0.4 is 14.8 Å². The van der Waals surface area contributed by atoms with E-state index >= 15 is 0 Å². The number of amides is 2. The minimum absolute atomic E-state index is 0.131. The van der Waals surface area contributed by atoms with Crippen molar-refractivity contribution in [3.05, 3.63) is 47.3 Å². The van der Waals surface area contributed by atoms with Crippen LogP contribution in [0.3, 0.4) is 0 Å². The van der Waals surface area contributed by atoms with Gasteiger partial charge in [-0.05, 0) is 48.9 Å². The molecule has 0 radical (unpaired) electrons. The van der Waals surface area contributed by atoms with Gasteiger partial charge in [-0.3, -0.25) is 9.59 Å². The smallest absolute Gasteiger partial charge is 0.257 e. The zero-order valence-electron chi connectivity index (χ0n) is 16.8. The van der Waals surface area contributed by atoms with E-state index < -0.39 is 0 Å². The molecular formula is C22H17N5O4S. The lowest BCUT2D eigenvalue weighted by atomic mass is 10.1. The van der Waals surface area contributed by atoms with Gasteiger partial charge in [-0.25, -0.2) is 4.99 Å². The molecule has 3 aliphatic rings. The summed E-state index contributed by atoms with van der Waals surface area (Å²) in [4.78, 5) is 35.3. The zero-order valence-corrected chi connectivity index (χ0v) is 17.6. The van der Waals surface area contributed by atoms with Crippen LogP contribution in [0.4, 0.5) is 5.82 Å². The summed E-state index contributed by atoms with van der Waals surface area (Å²) in [7, 11) is 0. The second kappa shape index (κ2) is 7.41. The molecule has 32 heavy (non-hydrogen) atoms. The highest BCUT2D eigenvalue weighted by Gasteiger charge is 2.34. The number of anilines is 1. The maximum atomic E-state index is 13.0. The molecule has 2 aromatic heterocycles. The predicted octanol–water partition coefficient (Wildman–Crippen LogP) is 3.58. The number of aliphatic imine (C=N–C) groups is 2. The number of benzene rings is 1. The quantitative estimate of drug-likeness (QED) is 0.660. The van der Waals surface area contributed by atoms with Crippen LogP contribution >= 0.6 is 11.3 Å². The Morgan fingerprint density at radius 2 is 2.06 bits per heavy atom. The summed E-state index contributed by atoms with van der Waals surface area (Å²) < 4.78 is 12.1. The fourth-order valence-corrected chi connectivity index (χ4v) is 4.73. The van der Waals surface area contributed by atoms with Crippen LogP contribution in [0.5, 0.6) is 11.5 Å². The van der Waals surface area contributed by atoms with E-state index in [-0.39, 0.29) is 30.5 Å². The molecule has 1 N–H and O–H groups in total. The summed E-state index contributed by atoms with van der Waals surface area (Å²) in [6.07, 6.45) is 2.47. The van der Waals surface area contributed by atoms with Gasteiger partial charge >= 0.3 is 0 Å². The normalized spacial score (nSPS) is 18.9. The van der Waals surface area contributed by atoms with Gasteiger partial charge in [0.25, 0.3) is 17.8 Å². The lowest BCUT2D eigenvalue weighted by Gasteiger charge is -2.15. The van der Waals surface area contributed by atoms with Crippen LogP contribution in [-0.4, -0.2) is 40.1 Å². The number of fused-ring (bicyclic) bond motifs is 2. The molecule has 1 fully saturated rings. The molecule has 4 heterocycles. The second-order valence-corrected chi connectivity index (χ2v) is 8.57. The van der Waals surface area contributed by atoms with Crippen molar-refractivity contribution in [2.24, 2.45) is 15.9 Å². The van der Waals surface area contributed by atoms with Crippen LogP contribution in [0.2, 0.25) is 0 Å². The molecule has 2 amide bonds. The van der Waals surface area contributed by atoms with E-state index in [9.17, 15) is 9.59 Å². The molecule has 3 aromatic rings. The number of hydrogen-bond acceptors (Lipinski definition) is 7. The van der Waals surface area contributed by atoms with Gasteiger partial charge in [-0.15, -0.1) is 11.3 Å². The summed E-state index contributed by atoms with van der Waals surface area (Å²) in [5, 5.41) is 9.44. The molecule has 2 aliphatic heterocycles. The average molecular weight is 447 g/mol. The molecule has 1 atom stereocenters. The van der Waals surface area contributed by atoms with E-state index in [0.717, 1.165) is 29.9 Å². The van der Waals surface area contributed by atoms with E-state index in [1.807, 2.05) is 17.5 Å². The van der Waals surface area contributed by atoms with Crippen molar-refractivity contribution in [2.75, 3.05) is 12.1 Å². The number of ether oxygens (including phenoxy) is 2. The van der Waals surface area contributed by atoms with Crippen LogP contribution in [0.15, 0.2) is 51.8 Å². The molecule has 1 saturated carbocycles. The van der Waals surface area contributed by atoms with Crippen molar-refractivity contribution < 1.29 is 19.1 Å². The third kappa shape index (κ3) is 3.19. The van der Waals surface area contributed by atoms with E-state index in [0.29, 0.717) is 28.6 Å². The number of rotatable bonds is 3. The largest absolute Gasteiger partial charge is 0.454 e. The first-order valence-electron chi connectivity index (χ1n) is 10.2. The third-order valence-corrected chi connectivity index (χ3v) is 6.52. The molecule has 0 saturated heterocycles. The van der Waals surface area contributed by atoms with Gasteiger partial charge in [0.2, 0.25) is 6.79 Å². The third-order valence-electron chi connectivity index (χ3n) is 5.63. The first-order valence-corrected chi connectivity index (χ1v) is 11.1. The predicted molar refractivity (Wildman–Crippen MR) is 119 cm³/mol. The summed E-state index contributed by atoms with van der Waals surface area (Å²) in [5.41, 5.74) is 1.90. The Morgan fingerprint density at radius 1 is 1.16 bits per heavy atom. The van der Waals surface area contributed by atoms with Gasteiger partial charge < -0.3 is 14.8 Å². The average Bonchev–Trinajstić information content (AvgIpc) is 3.59. The molecule has 6 rings (SSSR count). The number of hydrogen-bond donors (Lipinski definition) is 1. The standard InChI is InChI=1S/C22H17N5O4S/c28-20(12-6-7-16-17(9-12)31-11-30-16)24-19-10-15(18-5-2-8-32-18)26-27(19)22-23-14-4-1-3-13(14)21(29)25-22/h2,5-10,13H,1,3-4,11H2,(H,24,28). The van der Waals surface area contributed by atoms with Crippen molar-refractivity contribution in [1.82, 2.24) is 9.78 Å². The fraction of sp³-hybridized carbons (Fsp3) is 0.227. The van der Waals surface area contributed by atoms with Gasteiger partial charge in [0, 0.05) is 17.3 Å². The molecule has 1 aromatic carbocycles. The number of carbonyl (C=O) groups is 2. The maximum absolute atomic E-state index is 13.0. The number of carbonyl (C=O) groups excluding carboxylic acids is 2. The van der Waals surface area contributed by atoms with Crippen molar-refractivity contribution in [3.63, 3.8) is 0 Å². The van der Waals surface area contributed by atoms with Gasteiger partial charge in [0.05, 0.1) is 10.8 Å². The highest BCUT2D eigenvalue weighted by Crippen LogP contribution is 2.33. The molecule has 1 aliphatic carbocycles. The number of aromatic nitrogens is 2. The molecule has 1 unspecified atom stereocenters. The van der Waals surface area contributed by atoms with Crippen molar-refractivity contribution in [3.8, 4) is 22.1 Å². The topological polar surface area (TPSA) is 107 Å². The minimum atomic E-state index is -0.351. The van der Waals surface area contributed by atoms with E-state index in [2.05, 4.69) is 20.4 Å². The first-order chi connectivity index (χ1) is 15.7. The number of nitrogens with zero attached hydrogens (tertiary/aromatic N) is 4. The van der Waals surface area contributed by atoms with Crippen molar-refractivity contribution >= 4 is 40.6 Å². The van der Waals surface area contributed by atoms with Crippen LogP contribution in [0.25, 0.3) is 10.6 Å². The minimum Gasteiger partial charge on any atom is -0.454 e. The zero-order chi connectivity index (χ0) is 21.7. The highest BCUT2D eigenvalue weighted by atomic mass is 32.1. The molecule has 10 heteroatoms. The Labute approximate surface area is 186 Å². The highest BCUT2D eigenvalue weighted by molar-refractivity contribution is 7.13. The van der Waals surface area contributed by atoms with Gasteiger partial charge in [-0.2, -0.15) is 14.8 Å². The maximum Gasteiger partial charge on any atom is 0.257 e. The molecule has 0 spiro atoms. The first kappa shape index (κ1) is 18.9. The van der Waals surface area contributed by atoms with Crippen molar-refractivity contribution in [2.45, 2.75) is 19.3 Å². The Morgan fingerprint density at radius 3 is 2.94 bits per heavy atom. The van der Waals surface area contributed by atoms with Crippen LogP contribution in [-0.2, 0) is 4.79 Å². The molecular weight excluding hydrogens is 430 g/mol. The summed E-state index contributed by atoms with van der Waals surface area (Å²) >= 11 is 1.53. The van der Waals surface area contributed by atoms with Gasteiger partial charge in [0.1, 0.15) is 11.5 Å². The van der Waals surface area contributed by atoms with Crippen molar-refractivity contribution in [1.29, 1.82) is 0 Å². The molecule has 9 nitrogen and oxygen atoms in total. The lowest BCUT2D eigenvalue weighted by Crippen LogP contribution is -2.29. The summed E-state index contributed by atoms with van der Waals surface area (Å²) in [6.45, 7) is 0.131. The van der Waals surface area contributed by atoms with E-state index in [1.54, 1.807) is 24.3 Å². The van der Waals surface area contributed by atoms with Gasteiger partial charge in [0.15, 0.2) is 11.5 Å². The van der Waals surface area contributed by atoms with Crippen LogP contribution in [0, 0.1) is 5.92 Å². The fourth-order valence-electron chi connectivity index (χ4n) is 4.05. The molecule has 160 valence electrons. The second-order valence-electron chi connectivity index (χ2n) is 7.62. The van der Waals surface area contributed by atoms with Gasteiger partial charge in [-0.1, -0.05) is 6.07 Å². The molecule has 0 bridgehead atoms. The lowest BCUT2D eigenvalue weighted by molar-refractivity contribution is -0.119. The van der Waals surface area contributed by atoms with E-state index in [4.69, 9.17) is 9.47 Å². The number of thiophene rings is 1. The Balaban J connectivity index is 1.37. The Kier molecular flexibility index (Phi) is 4.39. The van der Waals surface area contributed by atoms with Crippen LogP contribution in [0.1, 0.15) is 29.6 Å².